The molecule has 156 valence electrons. The summed E-state index contributed by atoms with van der Waals surface area (Å²) in [5.41, 5.74) is 1.04. The van der Waals surface area contributed by atoms with Crippen LogP contribution in [-0.2, 0) is 11.2 Å². The maximum absolute atomic E-state index is 13.1. The van der Waals surface area contributed by atoms with E-state index in [0.717, 1.165) is 44.6 Å². The zero-order valence-corrected chi connectivity index (χ0v) is 17.0. The highest BCUT2D eigenvalue weighted by Crippen LogP contribution is 2.25. The molecule has 5 heteroatoms. The molecule has 0 radical (unpaired) electrons. The van der Waals surface area contributed by atoms with Gasteiger partial charge in [0.15, 0.2) is 0 Å². The summed E-state index contributed by atoms with van der Waals surface area (Å²) >= 11 is 0. The van der Waals surface area contributed by atoms with Crippen molar-refractivity contribution in [2.45, 2.75) is 38.1 Å². The van der Waals surface area contributed by atoms with Gasteiger partial charge < -0.3 is 14.5 Å². The van der Waals surface area contributed by atoms with Crippen LogP contribution in [0.3, 0.4) is 0 Å². The topological polar surface area (TPSA) is 32.8 Å². The number of carbonyl (C=O) groups excluding carboxylic acids is 1. The van der Waals surface area contributed by atoms with Crippen molar-refractivity contribution in [2.24, 2.45) is 11.8 Å². The van der Waals surface area contributed by atoms with Crippen molar-refractivity contribution in [1.29, 1.82) is 0 Å². The lowest BCUT2D eigenvalue weighted by atomic mass is 9.91. The molecule has 2 fully saturated rings. The number of halogens is 1. The Bertz CT molecular complexity index is 738. The SMILES string of the molecule is O=C1OC[C@H](Cc2ccc(F)cc2)N1CCC1CCN(C[C@@H]2C=CC=CC2)CC1. The number of nitrogens with zero attached hydrogens (tertiary/aromatic N) is 2. The number of carbonyl (C=O) groups is 1. The summed E-state index contributed by atoms with van der Waals surface area (Å²) in [7, 11) is 0. The molecular weight excluding hydrogens is 367 g/mol. The molecule has 2 saturated heterocycles. The van der Waals surface area contributed by atoms with Gasteiger partial charge in [0.1, 0.15) is 12.4 Å². The maximum atomic E-state index is 13.1. The third-order valence-corrected chi connectivity index (χ3v) is 6.51. The second-order valence-corrected chi connectivity index (χ2v) is 8.60. The molecule has 1 amide bonds. The Labute approximate surface area is 173 Å². The molecule has 0 aromatic heterocycles. The Morgan fingerprint density at radius 3 is 2.62 bits per heavy atom. The molecule has 29 heavy (non-hydrogen) atoms. The minimum atomic E-state index is -0.230. The molecule has 0 saturated carbocycles. The summed E-state index contributed by atoms with van der Waals surface area (Å²) in [6.45, 7) is 4.65. The molecule has 2 atom stereocenters. The number of piperidine rings is 1. The van der Waals surface area contributed by atoms with E-state index in [0.29, 0.717) is 24.9 Å². The van der Waals surface area contributed by atoms with Crippen LogP contribution >= 0.6 is 0 Å². The quantitative estimate of drug-likeness (QED) is 0.681. The number of hydrogen-bond acceptors (Lipinski definition) is 3. The molecule has 0 spiro atoms. The average Bonchev–Trinajstić information content (AvgIpc) is 3.09. The minimum absolute atomic E-state index is 0.0548. The van der Waals surface area contributed by atoms with Gasteiger partial charge in [-0.2, -0.15) is 0 Å². The Balaban J connectivity index is 1.21. The normalized spacial score (nSPS) is 25.6. The van der Waals surface area contributed by atoms with Gasteiger partial charge in [-0.1, -0.05) is 36.4 Å². The van der Waals surface area contributed by atoms with E-state index < -0.39 is 0 Å². The summed E-state index contributed by atoms with van der Waals surface area (Å²) in [5, 5.41) is 0. The molecule has 1 aromatic rings. The first-order valence-corrected chi connectivity index (χ1v) is 10.9. The smallest absolute Gasteiger partial charge is 0.410 e. The van der Waals surface area contributed by atoms with Crippen LogP contribution in [0.4, 0.5) is 9.18 Å². The summed E-state index contributed by atoms with van der Waals surface area (Å²) in [4.78, 5) is 16.7. The minimum Gasteiger partial charge on any atom is -0.447 e. The van der Waals surface area contributed by atoms with Crippen LogP contribution in [0.5, 0.6) is 0 Å². The first-order valence-electron chi connectivity index (χ1n) is 10.9. The van der Waals surface area contributed by atoms with Crippen molar-refractivity contribution >= 4 is 6.09 Å². The Morgan fingerprint density at radius 2 is 1.90 bits per heavy atom. The number of cyclic esters (lactones) is 1. The van der Waals surface area contributed by atoms with E-state index in [1.165, 1.54) is 25.0 Å². The Morgan fingerprint density at radius 1 is 1.10 bits per heavy atom. The molecule has 3 aliphatic rings. The van der Waals surface area contributed by atoms with E-state index in [2.05, 4.69) is 29.2 Å². The number of likely N-dealkylation sites (tertiary alicyclic amines) is 1. The second kappa shape index (κ2) is 9.57. The highest BCUT2D eigenvalue weighted by molar-refractivity contribution is 5.70. The maximum Gasteiger partial charge on any atom is 0.410 e. The summed E-state index contributed by atoms with van der Waals surface area (Å²) < 4.78 is 18.4. The summed E-state index contributed by atoms with van der Waals surface area (Å²) in [6.07, 6.45) is 14.0. The highest BCUT2D eigenvalue weighted by atomic mass is 19.1. The predicted molar refractivity (Wildman–Crippen MR) is 112 cm³/mol. The van der Waals surface area contributed by atoms with E-state index in [9.17, 15) is 9.18 Å². The van der Waals surface area contributed by atoms with Gasteiger partial charge in [0.05, 0.1) is 6.04 Å². The van der Waals surface area contributed by atoms with Crippen LogP contribution in [0.15, 0.2) is 48.6 Å². The average molecular weight is 399 g/mol. The third kappa shape index (κ3) is 5.47. The van der Waals surface area contributed by atoms with Crippen LogP contribution < -0.4 is 0 Å². The molecule has 1 aliphatic carbocycles. The summed E-state index contributed by atoms with van der Waals surface area (Å²) in [6, 6.07) is 6.60. The Hall–Kier alpha value is -2.14. The molecule has 0 bridgehead atoms. The molecular formula is C24H31FN2O2. The van der Waals surface area contributed by atoms with Gasteiger partial charge >= 0.3 is 6.09 Å². The summed E-state index contributed by atoms with van der Waals surface area (Å²) in [5.74, 6) is 1.10. The molecule has 1 aromatic carbocycles. The fourth-order valence-corrected chi connectivity index (χ4v) is 4.70. The first-order chi connectivity index (χ1) is 14.2. The molecule has 0 N–H and O–H groups in total. The number of rotatable bonds is 7. The van der Waals surface area contributed by atoms with Gasteiger partial charge in [0, 0.05) is 13.1 Å². The number of ether oxygens (including phenoxy) is 1. The second-order valence-electron chi connectivity index (χ2n) is 8.60. The monoisotopic (exact) mass is 398 g/mol. The zero-order chi connectivity index (χ0) is 20.1. The van der Waals surface area contributed by atoms with E-state index >= 15 is 0 Å². The van der Waals surface area contributed by atoms with Gasteiger partial charge in [-0.15, -0.1) is 0 Å². The van der Waals surface area contributed by atoms with Crippen LogP contribution in [0, 0.1) is 17.7 Å². The fourth-order valence-electron chi connectivity index (χ4n) is 4.70. The Kier molecular flexibility index (Phi) is 6.65. The molecule has 4 rings (SSSR count). The standard InChI is InChI=1S/C24H31FN2O2/c25-22-8-6-20(7-9-22)16-23-18-29-24(28)27(23)15-12-19-10-13-26(14-11-19)17-21-4-2-1-3-5-21/h1-4,6-9,19,21,23H,5,10-18H2/t21-,23+/m1/s1. The lowest BCUT2D eigenvalue weighted by Gasteiger charge is -2.34. The van der Waals surface area contributed by atoms with Crippen LogP contribution in [0.2, 0.25) is 0 Å². The van der Waals surface area contributed by atoms with Crippen LogP contribution in [0.1, 0.15) is 31.2 Å². The van der Waals surface area contributed by atoms with Crippen molar-refractivity contribution in [2.75, 3.05) is 32.8 Å². The lowest BCUT2D eigenvalue weighted by molar-refractivity contribution is 0.143. The number of amides is 1. The van der Waals surface area contributed by atoms with Crippen molar-refractivity contribution in [1.82, 2.24) is 9.80 Å². The van der Waals surface area contributed by atoms with E-state index in [1.54, 1.807) is 12.1 Å². The van der Waals surface area contributed by atoms with Crippen molar-refractivity contribution in [3.05, 3.63) is 60.0 Å². The lowest BCUT2D eigenvalue weighted by Crippen LogP contribution is -2.39. The van der Waals surface area contributed by atoms with Crippen molar-refractivity contribution < 1.29 is 13.9 Å². The van der Waals surface area contributed by atoms with Gasteiger partial charge in [0.25, 0.3) is 0 Å². The van der Waals surface area contributed by atoms with Gasteiger partial charge in [-0.05, 0) is 74.7 Å². The van der Waals surface area contributed by atoms with Gasteiger partial charge in [-0.25, -0.2) is 9.18 Å². The van der Waals surface area contributed by atoms with Crippen LogP contribution in [0.25, 0.3) is 0 Å². The van der Waals surface area contributed by atoms with Gasteiger partial charge in [-0.3, -0.25) is 0 Å². The highest BCUT2D eigenvalue weighted by Gasteiger charge is 2.33. The number of benzene rings is 1. The first kappa shape index (κ1) is 20.1. The fraction of sp³-hybridized carbons (Fsp3) is 0.542. The van der Waals surface area contributed by atoms with Crippen molar-refractivity contribution in [3.8, 4) is 0 Å². The van der Waals surface area contributed by atoms with Crippen LogP contribution in [-0.4, -0.2) is 54.7 Å². The predicted octanol–water partition coefficient (Wildman–Crippen LogP) is 4.42. The molecule has 4 nitrogen and oxygen atoms in total. The molecule has 0 unspecified atom stereocenters. The van der Waals surface area contributed by atoms with E-state index in [-0.39, 0.29) is 18.0 Å². The number of hydrogen-bond donors (Lipinski definition) is 0. The molecule has 2 heterocycles. The van der Waals surface area contributed by atoms with E-state index in [1.807, 2.05) is 4.90 Å². The zero-order valence-electron chi connectivity index (χ0n) is 17.0. The van der Waals surface area contributed by atoms with Gasteiger partial charge in [0.2, 0.25) is 0 Å². The molecule has 2 aliphatic heterocycles. The largest absolute Gasteiger partial charge is 0.447 e. The van der Waals surface area contributed by atoms with E-state index in [4.69, 9.17) is 4.74 Å². The number of allylic oxidation sites excluding steroid dienone is 3. The third-order valence-electron chi connectivity index (χ3n) is 6.51. The van der Waals surface area contributed by atoms with Crippen molar-refractivity contribution in [3.63, 3.8) is 0 Å².